The highest BCUT2D eigenvalue weighted by Crippen LogP contribution is 2.39. The van der Waals surface area contributed by atoms with Gasteiger partial charge >= 0.3 is 0 Å². The van der Waals surface area contributed by atoms with Crippen LogP contribution in [0.4, 0.5) is 4.39 Å². The number of hydrogen-bond donors (Lipinski definition) is 2. The van der Waals surface area contributed by atoms with E-state index in [0.29, 0.717) is 12.3 Å². The molecule has 1 saturated heterocycles. The van der Waals surface area contributed by atoms with E-state index in [-0.39, 0.29) is 41.1 Å². The predicted octanol–water partition coefficient (Wildman–Crippen LogP) is 4.07. The maximum absolute atomic E-state index is 13.9. The van der Waals surface area contributed by atoms with Crippen molar-refractivity contribution in [2.45, 2.75) is 56.8 Å². The number of guanidine groups is 1. The van der Waals surface area contributed by atoms with Crippen molar-refractivity contribution in [1.29, 1.82) is 0 Å². The molecule has 2 aliphatic rings. The van der Waals surface area contributed by atoms with Gasteiger partial charge in [0.25, 0.3) is 0 Å². The highest BCUT2D eigenvalue weighted by atomic mass is 127. The Balaban J connectivity index is 0.00000320. The minimum atomic E-state index is -0.157. The Labute approximate surface area is 197 Å². The van der Waals surface area contributed by atoms with Gasteiger partial charge < -0.3 is 15.5 Å². The number of halogens is 2. The molecule has 1 heterocycles. The van der Waals surface area contributed by atoms with Gasteiger partial charge in [-0.05, 0) is 49.3 Å². The normalized spacial score (nSPS) is 19.7. The van der Waals surface area contributed by atoms with Crippen molar-refractivity contribution in [2.75, 3.05) is 33.7 Å². The second kappa shape index (κ2) is 11.9. The van der Waals surface area contributed by atoms with Crippen molar-refractivity contribution < 1.29 is 9.18 Å². The van der Waals surface area contributed by atoms with Crippen molar-refractivity contribution >= 4 is 35.8 Å². The van der Waals surface area contributed by atoms with Crippen molar-refractivity contribution in [2.24, 2.45) is 10.9 Å². The van der Waals surface area contributed by atoms with Gasteiger partial charge in [0.2, 0.25) is 5.91 Å². The molecule has 1 aromatic carbocycles. The largest absolute Gasteiger partial charge is 0.359 e. The third-order valence-corrected chi connectivity index (χ3v) is 6.71. The van der Waals surface area contributed by atoms with Crippen LogP contribution in [0.2, 0.25) is 0 Å². The Morgan fingerprint density at radius 1 is 1.23 bits per heavy atom. The van der Waals surface area contributed by atoms with Crippen LogP contribution in [0.1, 0.15) is 56.9 Å². The Bertz CT molecular complexity index is 713. The fourth-order valence-corrected chi connectivity index (χ4v) is 4.91. The smallest absolute Gasteiger partial charge is 0.220 e. The van der Waals surface area contributed by atoms with Gasteiger partial charge in [0, 0.05) is 45.6 Å². The molecule has 168 valence electrons. The predicted molar refractivity (Wildman–Crippen MR) is 131 cm³/mol. The molecule has 2 N–H and O–H groups in total. The molecule has 1 aliphatic heterocycles. The summed E-state index contributed by atoms with van der Waals surface area (Å²) in [5.41, 5.74) is 1.07. The maximum atomic E-state index is 13.9. The molecular formula is C23H36FIN4O. The van der Waals surface area contributed by atoms with Gasteiger partial charge in [-0.3, -0.25) is 9.79 Å². The van der Waals surface area contributed by atoms with Crippen LogP contribution in [0.3, 0.4) is 0 Å². The number of nitrogens with zero attached hydrogens (tertiary/aromatic N) is 2. The SMILES string of the molecule is CN=C(NCC1(c2cccc(F)c2)CCCCC1)N1CCC(CC(=O)NC)CC1.I. The lowest BCUT2D eigenvalue weighted by Gasteiger charge is -2.40. The quantitative estimate of drug-likeness (QED) is 0.343. The summed E-state index contributed by atoms with van der Waals surface area (Å²) >= 11 is 0. The highest BCUT2D eigenvalue weighted by molar-refractivity contribution is 14.0. The Morgan fingerprint density at radius 2 is 1.93 bits per heavy atom. The van der Waals surface area contributed by atoms with Gasteiger partial charge in [0.15, 0.2) is 5.96 Å². The van der Waals surface area contributed by atoms with Gasteiger partial charge in [0.1, 0.15) is 5.82 Å². The van der Waals surface area contributed by atoms with Crippen LogP contribution in [0.5, 0.6) is 0 Å². The summed E-state index contributed by atoms with van der Waals surface area (Å²) in [4.78, 5) is 18.4. The van der Waals surface area contributed by atoms with E-state index >= 15 is 0 Å². The molecule has 1 saturated carbocycles. The Morgan fingerprint density at radius 3 is 2.53 bits per heavy atom. The molecule has 30 heavy (non-hydrogen) atoms. The average Bonchev–Trinajstić information content (AvgIpc) is 2.76. The van der Waals surface area contributed by atoms with Gasteiger partial charge in [-0.2, -0.15) is 0 Å². The van der Waals surface area contributed by atoms with E-state index in [4.69, 9.17) is 0 Å². The topological polar surface area (TPSA) is 56.7 Å². The molecule has 5 nitrogen and oxygen atoms in total. The average molecular weight is 530 g/mol. The highest BCUT2D eigenvalue weighted by Gasteiger charge is 2.35. The number of hydrogen-bond acceptors (Lipinski definition) is 2. The molecule has 0 bridgehead atoms. The lowest BCUT2D eigenvalue weighted by molar-refractivity contribution is -0.121. The summed E-state index contributed by atoms with van der Waals surface area (Å²) in [5.74, 6) is 1.33. The number of aliphatic imine (C=N–C) groups is 1. The van der Waals surface area contributed by atoms with Crippen molar-refractivity contribution in [3.05, 3.63) is 35.6 Å². The summed E-state index contributed by atoms with van der Waals surface area (Å²) < 4.78 is 13.9. The minimum absolute atomic E-state index is 0. The zero-order valence-electron chi connectivity index (χ0n) is 18.3. The number of nitrogens with one attached hydrogen (secondary N) is 2. The first-order valence-corrected chi connectivity index (χ1v) is 11.0. The number of likely N-dealkylation sites (tertiary alicyclic amines) is 1. The third-order valence-electron chi connectivity index (χ3n) is 6.71. The van der Waals surface area contributed by atoms with Crippen LogP contribution >= 0.6 is 24.0 Å². The lowest BCUT2D eigenvalue weighted by atomic mass is 9.69. The van der Waals surface area contributed by atoms with Gasteiger partial charge in [-0.1, -0.05) is 31.4 Å². The molecule has 2 fully saturated rings. The molecule has 1 amide bonds. The van der Waals surface area contributed by atoms with Crippen LogP contribution in [0.25, 0.3) is 0 Å². The fourth-order valence-electron chi connectivity index (χ4n) is 4.91. The molecule has 0 spiro atoms. The molecule has 1 aliphatic carbocycles. The van der Waals surface area contributed by atoms with Gasteiger partial charge in [0.05, 0.1) is 0 Å². The number of carbonyl (C=O) groups excluding carboxylic acids is 1. The standard InChI is InChI=1S/C23H35FN4O.HI/c1-25-21(29)15-18-9-13-28(14-10-18)22(26-2)27-17-23(11-4-3-5-12-23)19-7-6-8-20(24)16-19;/h6-8,16,18H,3-5,9-15,17H2,1-2H3,(H,25,29)(H,26,27);1H. The summed E-state index contributed by atoms with van der Waals surface area (Å²) in [6.45, 7) is 2.60. The molecule has 7 heteroatoms. The zero-order chi connectivity index (χ0) is 20.7. The van der Waals surface area contributed by atoms with E-state index < -0.39 is 0 Å². The minimum Gasteiger partial charge on any atom is -0.359 e. The van der Waals surface area contributed by atoms with E-state index in [1.54, 1.807) is 13.1 Å². The molecule has 0 radical (unpaired) electrons. The summed E-state index contributed by atoms with van der Waals surface area (Å²) in [7, 11) is 3.53. The number of amides is 1. The van der Waals surface area contributed by atoms with E-state index in [1.807, 2.05) is 13.1 Å². The van der Waals surface area contributed by atoms with Crippen LogP contribution < -0.4 is 10.6 Å². The first-order valence-electron chi connectivity index (χ1n) is 11.0. The first kappa shape index (κ1) is 24.9. The fraction of sp³-hybridized carbons (Fsp3) is 0.652. The lowest BCUT2D eigenvalue weighted by Crippen LogP contribution is -2.50. The second-order valence-corrected chi connectivity index (χ2v) is 8.56. The Hall–Kier alpha value is -1.38. The summed E-state index contributed by atoms with van der Waals surface area (Å²) in [5, 5.41) is 6.33. The number of benzene rings is 1. The third kappa shape index (κ3) is 6.31. The first-order chi connectivity index (χ1) is 14.1. The van der Waals surface area contributed by atoms with E-state index in [9.17, 15) is 9.18 Å². The van der Waals surface area contributed by atoms with Crippen molar-refractivity contribution in [1.82, 2.24) is 15.5 Å². The molecule has 0 unspecified atom stereocenters. The van der Waals surface area contributed by atoms with E-state index in [0.717, 1.165) is 56.8 Å². The number of rotatable bonds is 5. The van der Waals surface area contributed by atoms with Crippen LogP contribution in [0, 0.1) is 11.7 Å². The van der Waals surface area contributed by atoms with Crippen molar-refractivity contribution in [3.63, 3.8) is 0 Å². The van der Waals surface area contributed by atoms with Crippen molar-refractivity contribution in [3.8, 4) is 0 Å². The summed E-state index contributed by atoms with van der Waals surface area (Å²) in [6, 6.07) is 7.13. The number of carbonyl (C=O) groups is 1. The zero-order valence-corrected chi connectivity index (χ0v) is 20.6. The van der Waals surface area contributed by atoms with Crippen LogP contribution in [-0.2, 0) is 10.2 Å². The van der Waals surface area contributed by atoms with E-state index in [1.165, 1.54) is 25.3 Å². The molecule has 0 aromatic heterocycles. The molecular weight excluding hydrogens is 494 g/mol. The van der Waals surface area contributed by atoms with Gasteiger partial charge in [-0.15, -0.1) is 24.0 Å². The maximum Gasteiger partial charge on any atom is 0.220 e. The molecule has 3 rings (SSSR count). The molecule has 0 atom stereocenters. The van der Waals surface area contributed by atoms with E-state index in [2.05, 4.69) is 26.6 Å². The second-order valence-electron chi connectivity index (χ2n) is 8.56. The van der Waals surface area contributed by atoms with Crippen LogP contribution in [-0.4, -0.2) is 50.5 Å². The number of piperidine rings is 1. The monoisotopic (exact) mass is 530 g/mol. The summed E-state index contributed by atoms with van der Waals surface area (Å²) in [6.07, 6.45) is 8.39. The molecule has 1 aromatic rings. The van der Waals surface area contributed by atoms with Gasteiger partial charge in [-0.25, -0.2) is 4.39 Å². The Kier molecular flexibility index (Phi) is 9.84. The van der Waals surface area contributed by atoms with Crippen LogP contribution in [0.15, 0.2) is 29.3 Å².